The molecule has 102 valence electrons. The van der Waals surface area contributed by atoms with Crippen LogP contribution in [0.3, 0.4) is 0 Å². The van der Waals surface area contributed by atoms with Gasteiger partial charge in [0, 0.05) is 0 Å². The molecule has 0 bridgehead atoms. The number of carboxylic acids is 1. The first-order valence-electron chi connectivity index (χ1n) is 6.22. The summed E-state index contributed by atoms with van der Waals surface area (Å²) in [5.74, 6) is -1.70. The Morgan fingerprint density at radius 3 is 2.58 bits per heavy atom. The fraction of sp³-hybridized carbons (Fsp3) is 0.429. The number of aliphatic carboxylic acids is 1. The monoisotopic (exact) mass is 265 g/mol. The molecule has 0 aliphatic heterocycles. The lowest BCUT2D eigenvalue weighted by Gasteiger charge is -2.17. The molecule has 0 saturated heterocycles. The van der Waals surface area contributed by atoms with Crippen LogP contribution < -0.4 is 5.32 Å². The summed E-state index contributed by atoms with van der Waals surface area (Å²) in [5.41, 5.74) is -0.135. The Hall–Kier alpha value is -1.91. The van der Waals surface area contributed by atoms with E-state index in [0.717, 1.165) is 0 Å². The van der Waals surface area contributed by atoms with Crippen molar-refractivity contribution in [2.75, 3.05) is 0 Å². The smallest absolute Gasteiger partial charge is 0.325 e. The van der Waals surface area contributed by atoms with Crippen molar-refractivity contribution in [2.45, 2.75) is 32.2 Å². The number of nitrogens with one attached hydrogen (secondary N) is 1. The van der Waals surface area contributed by atoms with E-state index >= 15 is 0 Å². The largest absolute Gasteiger partial charge is 0.480 e. The van der Waals surface area contributed by atoms with Crippen molar-refractivity contribution in [3.63, 3.8) is 0 Å². The van der Waals surface area contributed by atoms with Crippen LogP contribution in [0.15, 0.2) is 24.3 Å². The van der Waals surface area contributed by atoms with Crippen molar-refractivity contribution in [1.82, 2.24) is 5.32 Å². The fourth-order valence-corrected chi connectivity index (χ4v) is 2.05. The number of hydrogen-bond acceptors (Lipinski definition) is 2. The average Bonchev–Trinajstić information content (AvgIpc) is 3.13. The van der Waals surface area contributed by atoms with Crippen molar-refractivity contribution in [3.8, 4) is 0 Å². The van der Waals surface area contributed by atoms with Gasteiger partial charge in [0.15, 0.2) is 0 Å². The second-order valence-corrected chi connectivity index (χ2v) is 5.08. The van der Waals surface area contributed by atoms with E-state index in [1.165, 1.54) is 13.0 Å². The summed E-state index contributed by atoms with van der Waals surface area (Å²) in [6.45, 7) is 1.42. The van der Waals surface area contributed by atoms with Crippen LogP contribution in [0.4, 0.5) is 4.39 Å². The number of carbonyl (C=O) groups is 2. The third-order valence-electron chi connectivity index (χ3n) is 3.54. The summed E-state index contributed by atoms with van der Waals surface area (Å²) in [6.07, 6.45) is 1.65. The zero-order valence-electron chi connectivity index (χ0n) is 10.6. The molecule has 1 aliphatic rings. The summed E-state index contributed by atoms with van der Waals surface area (Å²) >= 11 is 0. The Labute approximate surface area is 110 Å². The molecule has 19 heavy (non-hydrogen) atoms. The molecule has 0 heterocycles. The van der Waals surface area contributed by atoms with Crippen LogP contribution in [0, 0.1) is 11.2 Å². The minimum Gasteiger partial charge on any atom is -0.480 e. The average molecular weight is 265 g/mol. The molecule has 1 aromatic carbocycles. The van der Waals surface area contributed by atoms with Gasteiger partial charge in [-0.3, -0.25) is 9.59 Å². The maximum Gasteiger partial charge on any atom is 0.325 e. The third-order valence-corrected chi connectivity index (χ3v) is 3.54. The minimum absolute atomic E-state index is 0.300. The van der Waals surface area contributed by atoms with Crippen LogP contribution >= 0.6 is 0 Å². The van der Waals surface area contributed by atoms with Crippen molar-refractivity contribution in [1.29, 1.82) is 0 Å². The van der Waals surface area contributed by atoms with E-state index in [0.29, 0.717) is 24.8 Å². The van der Waals surface area contributed by atoms with E-state index in [-0.39, 0.29) is 11.7 Å². The molecular weight excluding hydrogens is 249 g/mol. The van der Waals surface area contributed by atoms with Gasteiger partial charge in [-0.25, -0.2) is 4.39 Å². The third kappa shape index (κ3) is 2.92. The van der Waals surface area contributed by atoms with Crippen molar-refractivity contribution in [2.24, 2.45) is 5.41 Å². The van der Waals surface area contributed by atoms with Crippen molar-refractivity contribution in [3.05, 3.63) is 35.6 Å². The molecule has 4 nitrogen and oxygen atoms in total. The molecule has 1 saturated carbocycles. The molecule has 2 rings (SSSR count). The van der Waals surface area contributed by atoms with E-state index in [1.54, 1.807) is 18.2 Å². The van der Waals surface area contributed by atoms with Gasteiger partial charge in [-0.1, -0.05) is 18.2 Å². The molecular formula is C14H16FNO3. The molecule has 0 unspecified atom stereocenters. The van der Waals surface area contributed by atoms with Crippen LogP contribution in [0.5, 0.6) is 0 Å². The Morgan fingerprint density at radius 1 is 1.42 bits per heavy atom. The van der Waals surface area contributed by atoms with Crippen LogP contribution in [0.25, 0.3) is 0 Å². The quantitative estimate of drug-likeness (QED) is 0.852. The van der Waals surface area contributed by atoms with Crippen LogP contribution in [-0.2, 0) is 16.0 Å². The first-order chi connectivity index (χ1) is 8.94. The second kappa shape index (κ2) is 4.99. The maximum atomic E-state index is 13.6. The molecule has 0 radical (unpaired) electrons. The van der Waals surface area contributed by atoms with Gasteiger partial charge in [0.2, 0.25) is 5.91 Å². The maximum absolute atomic E-state index is 13.6. The minimum atomic E-state index is -1.07. The summed E-state index contributed by atoms with van der Waals surface area (Å²) in [7, 11) is 0. The first kappa shape index (κ1) is 13.5. The fourth-order valence-electron chi connectivity index (χ4n) is 2.05. The van der Waals surface area contributed by atoms with Gasteiger partial charge in [-0.15, -0.1) is 0 Å². The Morgan fingerprint density at radius 2 is 2.05 bits per heavy atom. The number of benzene rings is 1. The van der Waals surface area contributed by atoms with E-state index < -0.39 is 17.4 Å². The van der Waals surface area contributed by atoms with E-state index in [4.69, 9.17) is 5.11 Å². The summed E-state index contributed by atoms with van der Waals surface area (Å²) < 4.78 is 13.6. The molecule has 1 aliphatic carbocycles. The number of rotatable bonds is 5. The summed E-state index contributed by atoms with van der Waals surface area (Å²) in [6, 6.07) is 5.43. The summed E-state index contributed by atoms with van der Waals surface area (Å²) in [5, 5.41) is 11.2. The first-order valence-corrected chi connectivity index (χ1v) is 6.22. The van der Waals surface area contributed by atoms with Gasteiger partial charge in [0.1, 0.15) is 11.9 Å². The van der Waals surface area contributed by atoms with Gasteiger partial charge < -0.3 is 10.4 Å². The number of halogens is 1. The Balaban J connectivity index is 2.05. The van der Waals surface area contributed by atoms with Crippen LogP contribution in [0.2, 0.25) is 0 Å². The van der Waals surface area contributed by atoms with Crippen molar-refractivity contribution < 1.29 is 19.1 Å². The molecule has 1 fully saturated rings. The van der Waals surface area contributed by atoms with E-state index in [2.05, 4.69) is 5.32 Å². The lowest BCUT2D eigenvalue weighted by molar-refractivity contribution is -0.142. The van der Waals surface area contributed by atoms with Crippen LogP contribution in [-0.4, -0.2) is 23.0 Å². The number of carboxylic acid groups (broad SMARTS) is 1. The highest BCUT2D eigenvalue weighted by molar-refractivity contribution is 5.89. The van der Waals surface area contributed by atoms with Gasteiger partial charge in [0.05, 0.1) is 5.41 Å². The standard InChI is InChI=1S/C14H16FNO3/c1-9(12(17)18)16-13(19)14(6-7-14)8-10-4-2-3-5-11(10)15/h2-5,9H,6-8H2,1H3,(H,16,19)(H,17,18)/t9-/m1/s1. The van der Waals surface area contributed by atoms with E-state index in [9.17, 15) is 14.0 Å². The molecule has 0 aromatic heterocycles. The topological polar surface area (TPSA) is 66.4 Å². The predicted molar refractivity (Wildman–Crippen MR) is 67.0 cm³/mol. The summed E-state index contributed by atoms with van der Waals surface area (Å²) in [4.78, 5) is 22.8. The van der Waals surface area contributed by atoms with Gasteiger partial charge in [0.25, 0.3) is 0 Å². The number of hydrogen-bond donors (Lipinski definition) is 2. The molecule has 5 heteroatoms. The number of amides is 1. The van der Waals surface area contributed by atoms with Crippen LogP contribution in [0.1, 0.15) is 25.3 Å². The van der Waals surface area contributed by atoms with Gasteiger partial charge in [-0.05, 0) is 37.8 Å². The van der Waals surface area contributed by atoms with Crippen molar-refractivity contribution >= 4 is 11.9 Å². The SMILES string of the molecule is C[C@@H](NC(=O)C1(Cc2ccccc2F)CC1)C(=O)O. The zero-order chi connectivity index (χ0) is 14.0. The highest BCUT2D eigenvalue weighted by Crippen LogP contribution is 2.49. The zero-order valence-corrected chi connectivity index (χ0v) is 10.6. The Bertz CT molecular complexity index is 511. The Kier molecular flexibility index (Phi) is 3.55. The predicted octanol–water partition coefficient (Wildman–Crippen LogP) is 1.74. The number of carbonyl (C=O) groups excluding carboxylic acids is 1. The lowest BCUT2D eigenvalue weighted by Crippen LogP contribution is -2.43. The highest BCUT2D eigenvalue weighted by Gasteiger charge is 2.50. The van der Waals surface area contributed by atoms with E-state index in [1.807, 2.05) is 0 Å². The van der Waals surface area contributed by atoms with Gasteiger partial charge >= 0.3 is 5.97 Å². The normalized spacial score (nSPS) is 17.6. The highest BCUT2D eigenvalue weighted by atomic mass is 19.1. The molecule has 1 amide bonds. The second-order valence-electron chi connectivity index (χ2n) is 5.08. The lowest BCUT2D eigenvalue weighted by atomic mass is 9.95. The van der Waals surface area contributed by atoms with Gasteiger partial charge in [-0.2, -0.15) is 0 Å². The molecule has 2 N–H and O–H groups in total. The molecule has 1 aromatic rings. The molecule has 1 atom stereocenters. The molecule has 0 spiro atoms.